The number of fused-ring (bicyclic) bond motifs is 2. The summed E-state index contributed by atoms with van der Waals surface area (Å²) in [6.45, 7) is 0.787. The molecule has 1 aliphatic heterocycles. The summed E-state index contributed by atoms with van der Waals surface area (Å²) in [7, 11) is 0. The molecule has 3 aromatic rings. The van der Waals surface area contributed by atoms with Crippen LogP contribution in [0.25, 0.3) is 10.9 Å². The molecule has 2 heterocycles. The maximum atomic E-state index is 13.5. The predicted molar refractivity (Wildman–Crippen MR) is 81.1 cm³/mol. The van der Waals surface area contributed by atoms with E-state index in [-0.39, 0.29) is 5.82 Å². The molecule has 1 aromatic heterocycles. The third kappa shape index (κ3) is 1.89. The second-order valence-electron chi connectivity index (χ2n) is 5.15. The number of nitrogen functional groups attached to an aromatic ring is 1. The summed E-state index contributed by atoms with van der Waals surface area (Å²) in [5, 5.41) is 0.920. The first kappa shape index (κ1) is 12.1. The third-order valence-electron chi connectivity index (χ3n) is 3.84. The van der Waals surface area contributed by atoms with Crippen LogP contribution in [-0.4, -0.2) is 16.5 Å². The smallest absolute Gasteiger partial charge is 0.144 e. The Balaban J connectivity index is 1.91. The highest BCUT2D eigenvalue weighted by molar-refractivity contribution is 5.93. The average Bonchev–Trinajstić information content (AvgIpc) is 2.89. The van der Waals surface area contributed by atoms with Crippen molar-refractivity contribution < 1.29 is 4.39 Å². The minimum absolute atomic E-state index is 0.233. The SMILES string of the molecule is Nc1ccc2c(N3CCc4ccc(F)cc43)ncnc2c1. The van der Waals surface area contributed by atoms with Gasteiger partial charge in [0.05, 0.1) is 5.52 Å². The normalized spacial score (nSPS) is 13.7. The van der Waals surface area contributed by atoms with Crippen LogP contribution in [0, 0.1) is 5.82 Å². The van der Waals surface area contributed by atoms with Gasteiger partial charge in [0.25, 0.3) is 0 Å². The first-order valence-corrected chi connectivity index (χ1v) is 6.78. The maximum Gasteiger partial charge on any atom is 0.144 e. The van der Waals surface area contributed by atoms with Crippen molar-refractivity contribution in [2.45, 2.75) is 6.42 Å². The Bertz CT molecular complexity index is 847. The van der Waals surface area contributed by atoms with E-state index in [1.807, 2.05) is 29.2 Å². The molecular weight excluding hydrogens is 267 g/mol. The van der Waals surface area contributed by atoms with Gasteiger partial charge in [0.2, 0.25) is 0 Å². The fourth-order valence-corrected chi connectivity index (χ4v) is 2.85. The van der Waals surface area contributed by atoms with E-state index in [0.717, 1.165) is 40.9 Å². The molecule has 0 spiro atoms. The van der Waals surface area contributed by atoms with Gasteiger partial charge in [0.1, 0.15) is 18.0 Å². The van der Waals surface area contributed by atoms with E-state index in [1.54, 1.807) is 6.07 Å². The Morgan fingerprint density at radius 2 is 2.00 bits per heavy atom. The highest BCUT2D eigenvalue weighted by atomic mass is 19.1. The number of rotatable bonds is 1. The van der Waals surface area contributed by atoms with Crippen LogP contribution in [0.2, 0.25) is 0 Å². The monoisotopic (exact) mass is 280 g/mol. The molecule has 2 aromatic carbocycles. The van der Waals surface area contributed by atoms with Crippen molar-refractivity contribution in [1.82, 2.24) is 9.97 Å². The van der Waals surface area contributed by atoms with Gasteiger partial charge in [-0.3, -0.25) is 0 Å². The number of halogens is 1. The van der Waals surface area contributed by atoms with E-state index < -0.39 is 0 Å². The van der Waals surface area contributed by atoms with Crippen LogP contribution in [0.3, 0.4) is 0 Å². The minimum atomic E-state index is -0.233. The van der Waals surface area contributed by atoms with E-state index in [0.29, 0.717) is 5.69 Å². The summed E-state index contributed by atoms with van der Waals surface area (Å²) >= 11 is 0. The van der Waals surface area contributed by atoms with E-state index in [1.165, 1.54) is 12.4 Å². The van der Waals surface area contributed by atoms with Crippen LogP contribution in [0.5, 0.6) is 0 Å². The molecule has 4 rings (SSSR count). The van der Waals surface area contributed by atoms with Crippen molar-refractivity contribution in [2.75, 3.05) is 17.2 Å². The average molecular weight is 280 g/mol. The summed E-state index contributed by atoms with van der Waals surface area (Å²) in [6.07, 6.45) is 2.41. The molecule has 0 atom stereocenters. The lowest BCUT2D eigenvalue weighted by Crippen LogP contribution is -2.15. The Labute approximate surface area is 121 Å². The summed E-state index contributed by atoms with van der Waals surface area (Å²) < 4.78 is 13.5. The van der Waals surface area contributed by atoms with Crippen LogP contribution in [-0.2, 0) is 6.42 Å². The number of benzene rings is 2. The number of hydrogen-bond acceptors (Lipinski definition) is 4. The van der Waals surface area contributed by atoms with Crippen LogP contribution in [0.15, 0.2) is 42.7 Å². The molecule has 0 unspecified atom stereocenters. The van der Waals surface area contributed by atoms with E-state index in [2.05, 4.69) is 9.97 Å². The van der Waals surface area contributed by atoms with Crippen molar-refractivity contribution in [1.29, 1.82) is 0 Å². The summed E-state index contributed by atoms with van der Waals surface area (Å²) in [4.78, 5) is 10.7. The van der Waals surface area contributed by atoms with E-state index >= 15 is 0 Å². The number of nitrogens with two attached hydrogens (primary N) is 1. The van der Waals surface area contributed by atoms with Crippen molar-refractivity contribution in [2.24, 2.45) is 0 Å². The molecule has 4 nitrogen and oxygen atoms in total. The lowest BCUT2D eigenvalue weighted by molar-refractivity contribution is 0.628. The van der Waals surface area contributed by atoms with E-state index in [9.17, 15) is 4.39 Å². The van der Waals surface area contributed by atoms with Crippen molar-refractivity contribution in [3.05, 3.63) is 54.1 Å². The van der Waals surface area contributed by atoms with Gasteiger partial charge >= 0.3 is 0 Å². The molecule has 0 aliphatic carbocycles. The maximum absolute atomic E-state index is 13.5. The van der Waals surface area contributed by atoms with Crippen molar-refractivity contribution in [3.63, 3.8) is 0 Å². The van der Waals surface area contributed by atoms with Crippen molar-refractivity contribution >= 4 is 28.1 Å². The minimum Gasteiger partial charge on any atom is -0.399 e. The second-order valence-corrected chi connectivity index (χ2v) is 5.15. The molecule has 2 N–H and O–H groups in total. The lowest BCUT2D eigenvalue weighted by atomic mass is 10.1. The summed E-state index contributed by atoms with van der Waals surface area (Å²) in [5.74, 6) is 0.563. The molecule has 21 heavy (non-hydrogen) atoms. The summed E-state index contributed by atoms with van der Waals surface area (Å²) in [5.41, 5.74) is 9.28. The number of nitrogens with zero attached hydrogens (tertiary/aromatic N) is 3. The quantitative estimate of drug-likeness (QED) is 0.696. The number of anilines is 3. The molecule has 0 fully saturated rings. The Morgan fingerprint density at radius 1 is 1.10 bits per heavy atom. The molecule has 0 saturated heterocycles. The lowest BCUT2D eigenvalue weighted by Gasteiger charge is -2.19. The molecule has 5 heteroatoms. The van der Waals surface area contributed by atoms with Crippen LogP contribution in [0.1, 0.15) is 5.56 Å². The molecule has 0 saturated carbocycles. The Kier molecular flexibility index (Phi) is 2.54. The highest BCUT2D eigenvalue weighted by Gasteiger charge is 2.23. The molecule has 0 bridgehead atoms. The van der Waals surface area contributed by atoms with Gasteiger partial charge in [-0.05, 0) is 42.3 Å². The topological polar surface area (TPSA) is 55.0 Å². The standard InChI is InChI=1S/C16H13FN4/c17-11-2-1-10-5-6-21(15(10)7-11)16-13-4-3-12(18)8-14(13)19-9-20-16/h1-4,7-9H,5-6,18H2. The number of hydrogen-bond donors (Lipinski definition) is 1. The third-order valence-corrected chi connectivity index (χ3v) is 3.84. The molecule has 0 radical (unpaired) electrons. The zero-order valence-electron chi connectivity index (χ0n) is 11.3. The highest BCUT2D eigenvalue weighted by Crippen LogP contribution is 2.36. The van der Waals surface area contributed by atoms with Gasteiger partial charge in [-0.1, -0.05) is 6.07 Å². The molecule has 0 amide bonds. The molecular formula is C16H13FN4. The van der Waals surface area contributed by atoms with Crippen LogP contribution in [0.4, 0.5) is 21.6 Å². The second kappa shape index (κ2) is 4.41. The summed E-state index contributed by atoms with van der Waals surface area (Å²) in [6, 6.07) is 10.5. The van der Waals surface area contributed by atoms with E-state index in [4.69, 9.17) is 5.73 Å². The molecule has 104 valence electrons. The first-order valence-electron chi connectivity index (χ1n) is 6.78. The zero-order chi connectivity index (χ0) is 14.4. The Hall–Kier alpha value is -2.69. The Morgan fingerprint density at radius 3 is 2.90 bits per heavy atom. The number of aromatic nitrogens is 2. The van der Waals surface area contributed by atoms with Gasteiger partial charge in [0.15, 0.2) is 0 Å². The first-order chi connectivity index (χ1) is 10.2. The largest absolute Gasteiger partial charge is 0.399 e. The molecule has 1 aliphatic rings. The fraction of sp³-hybridized carbons (Fsp3) is 0.125. The van der Waals surface area contributed by atoms with Gasteiger partial charge in [-0.15, -0.1) is 0 Å². The van der Waals surface area contributed by atoms with Gasteiger partial charge in [0, 0.05) is 23.3 Å². The van der Waals surface area contributed by atoms with Crippen molar-refractivity contribution in [3.8, 4) is 0 Å². The van der Waals surface area contributed by atoms with Crippen LogP contribution < -0.4 is 10.6 Å². The van der Waals surface area contributed by atoms with Gasteiger partial charge < -0.3 is 10.6 Å². The predicted octanol–water partition coefficient (Wildman–Crippen LogP) is 3.05. The van der Waals surface area contributed by atoms with Gasteiger partial charge in [-0.25, -0.2) is 14.4 Å². The van der Waals surface area contributed by atoms with Crippen LogP contribution >= 0.6 is 0 Å². The fourth-order valence-electron chi connectivity index (χ4n) is 2.85. The van der Waals surface area contributed by atoms with Gasteiger partial charge in [-0.2, -0.15) is 0 Å². The zero-order valence-corrected chi connectivity index (χ0v) is 11.3.